The number of rotatable bonds is 7. The molecule has 0 spiro atoms. The SMILES string of the molecule is CC[C@@H]1CC(Oc2ncc(-c3ccc(-c4cn[nH]c4)cc3OC(=O)C(F)(F)F)nn2)C[C@H](CC)N1. The van der Waals surface area contributed by atoms with E-state index < -0.39 is 12.1 Å². The van der Waals surface area contributed by atoms with Gasteiger partial charge in [0, 0.05) is 29.4 Å². The predicted molar refractivity (Wildman–Crippen MR) is 119 cm³/mol. The lowest BCUT2D eigenvalue weighted by molar-refractivity contribution is -0.189. The maximum Gasteiger partial charge on any atom is 0.491 e. The minimum Gasteiger partial charge on any atom is -0.459 e. The van der Waals surface area contributed by atoms with Gasteiger partial charge in [0.2, 0.25) is 0 Å². The Balaban J connectivity index is 1.57. The topological polar surface area (TPSA) is 115 Å². The maximum atomic E-state index is 12.9. The molecule has 12 heteroatoms. The summed E-state index contributed by atoms with van der Waals surface area (Å²) < 4.78 is 49.2. The summed E-state index contributed by atoms with van der Waals surface area (Å²) in [5, 5.41) is 18.1. The molecule has 0 saturated carbocycles. The van der Waals surface area contributed by atoms with E-state index in [9.17, 15) is 18.0 Å². The summed E-state index contributed by atoms with van der Waals surface area (Å²) in [6.07, 6.45) is 2.72. The van der Waals surface area contributed by atoms with Crippen molar-refractivity contribution in [2.75, 3.05) is 0 Å². The number of esters is 1. The van der Waals surface area contributed by atoms with Gasteiger partial charge in [-0.2, -0.15) is 18.3 Å². The average Bonchev–Trinajstić information content (AvgIpc) is 3.39. The number of nitrogens with zero attached hydrogens (tertiary/aromatic N) is 4. The number of hydrogen-bond acceptors (Lipinski definition) is 8. The molecule has 1 fully saturated rings. The number of H-pyrrole nitrogens is 1. The summed E-state index contributed by atoms with van der Waals surface area (Å²) >= 11 is 0. The van der Waals surface area contributed by atoms with Gasteiger partial charge in [0.1, 0.15) is 17.5 Å². The fourth-order valence-corrected chi connectivity index (χ4v) is 4.02. The van der Waals surface area contributed by atoms with Gasteiger partial charge in [-0.3, -0.25) is 5.10 Å². The van der Waals surface area contributed by atoms with Gasteiger partial charge in [0.15, 0.2) is 0 Å². The number of piperidine rings is 1. The Morgan fingerprint density at radius 2 is 1.83 bits per heavy atom. The summed E-state index contributed by atoms with van der Waals surface area (Å²) in [7, 11) is 0. The molecule has 1 aliphatic heterocycles. The van der Waals surface area contributed by atoms with Gasteiger partial charge in [-0.25, -0.2) is 9.78 Å². The summed E-state index contributed by atoms with van der Waals surface area (Å²) in [6, 6.07) is 5.19. The molecule has 0 radical (unpaired) electrons. The van der Waals surface area contributed by atoms with E-state index in [1.54, 1.807) is 12.3 Å². The minimum atomic E-state index is -5.16. The number of nitrogens with one attached hydrogen (secondary N) is 2. The zero-order valence-electron chi connectivity index (χ0n) is 19.2. The van der Waals surface area contributed by atoms with E-state index in [2.05, 4.69) is 49.3 Å². The molecule has 3 aromatic rings. The number of alkyl halides is 3. The lowest BCUT2D eigenvalue weighted by Gasteiger charge is -2.35. The van der Waals surface area contributed by atoms with Gasteiger partial charge >= 0.3 is 18.2 Å². The van der Waals surface area contributed by atoms with E-state index in [4.69, 9.17) is 4.74 Å². The number of benzene rings is 1. The van der Waals surface area contributed by atoms with Crippen molar-refractivity contribution in [1.29, 1.82) is 0 Å². The van der Waals surface area contributed by atoms with Crippen molar-refractivity contribution in [3.8, 4) is 34.1 Å². The van der Waals surface area contributed by atoms with Crippen molar-refractivity contribution in [3.05, 3.63) is 36.8 Å². The first-order valence-electron chi connectivity index (χ1n) is 11.3. The first-order valence-corrected chi connectivity index (χ1v) is 11.3. The molecule has 0 bridgehead atoms. The number of ether oxygens (including phenoxy) is 2. The highest BCUT2D eigenvalue weighted by Gasteiger charge is 2.42. The van der Waals surface area contributed by atoms with Crippen LogP contribution in [0.4, 0.5) is 13.2 Å². The van der Waals surface area contributed by atoms with Crippen LogP contribution < -0.4 is 14.8 Å². The number of carbonyl (C=O) groups excluding carboxylic acids is 1. The molecule has 35 heavy (non-hydrogen) atoms. The zero-order valence-corrected chi connectivity index (χ0v) is 19.2. The molecule has 3 heterocycles. The van der Waals surface area contributed by atoms with Crippen molar-refractivity contribution in [2.24, 2.45) is 0 Å². The number of aromatic nitrogens is 5. The van der Waals surface area contributed by atoms with Gasteiger partial charge < -0.3 is 14.8 Å². The second-order valence-electron chi connectivity index (χ2n) is 8.30. The lowest BCUT2D eigenvalue weighted by Crippen LogP contribution is -2.48. The monoisotopic (exact) mass is 490 g/mol. The summed E-state index contributed by atoms with van der Waals surface area (Å²) in [4.78, 5) is 15.7. The third-order valence-corrected chi connectivity index (χ3v) is 5.89. The molecule has 2 aromatic heterocycles. The Kier molecular flexibility index (Phi) is 7.29. The minimum absolute atomic E-state index is 0.0728. The van der Waals surface area contributed by atoms with Gasteiger partial charge in [0.05, 0.1) is 12.4 Å². The third-order valence-electron chi connectivity index (χ3n) is 5.89. The van der Waals surface area contributed by atoms with Crippen LogP contribution in [0.15, 0.2) is 36.8 Å². The molecule has 0 amide bonds. The van der Waals surface area contributed by atoms with Crippen LogP contribution in [0.1, 0.15) is 39.5 Å². The van der Waals surface area contributed by atoms with Crippen LogP contribution in [0.5, 0.6) is 11.8 Å². The molecule has 1 unspecified atom stereocenters. The average molecular weight is 490 g/mol. The Hall–Kier alpha value is -3.54. The summed E-state index contributed by atoms with van der Waals surface area (Å²) in [6.45, 7) is 4.22. The van der Waals surface area contributed by atoms with E-state index in [-0.39, 0.29) is 29.1 Å². The molecule has 1 aliphatic rings. The third kappa shape index (κ3) is 5.94. The molecule has 3 atom stereocenters. The van der Waals surface area contributed by atoms with Gasteiger partial charge in [0.25, 0.3) is 0 Å². The smallest absolute Gasteiger partial charge is 0.459 e. The number of hydrogen-bond donors (Lipinski definition) is 2. The first-order chi connectivity index (χ1) is 16.8. The molecular formula is C23H25F3N6O3. The van der Waals surface area contributed by atoms with Gasteiger partial charge in [-0.15, -0.1) is 5.10 Å². The van der Waals surface area contributed by atoms with Crippen LogP contribution >= 0.6 is 0 Å². The van der Waals surface area contributed by atoms with Crippen molar-refractivity contribution in [3.63, 3.8) is 0 Å². The second kappa shape index (κ2) is 10.4. The normalized spacial score (nSPS) is 20.4. The molecule has 1 saturated heterocycles. The van der Waals surface area contributed by atoms with Crippen molar-refractivity contribution in [2.45, 2.75) is 63.9 Å². The predicted octanol–water partition coefficient (Wildman–Crippen LogP) is 4.08. The van der Waals surface area contributed by atoms with E-state index >= 15 is 0 Å². The van der Waals surface area contributed by atoms with Gasteiger partial charge in [-0.05, 0) is 43.4 Å². The maximum absolute atomic E-state index is 12.9. The van der Waals surface area contributed by atoms with Crippen LogP contribution in [0, 0.1) is 0 Å². The quantitative estimate of drug-likeness (QED) is 0.376. The standard InChI is InChI=1S/C23H25F3N6O3/c1-3-15-8-17(9-16(4-2)30-15)34-22-27-12-19(31-32-22)18-6-5-13(14-10-28-29-11-14)7-20(18)35-21(33)23(24,25)26/h5-7,10-12,15-17,30H,3-4,8-9H2,1-2H3,(H,28,29)/t15-,16+,17?. The van der Waals surface area contributed by atoms with Crippen molar-refractivity contribution in [1.82, 2.24) is 30.7 Å². The van der Waals surface area contributed by atoms with Crippen LogP contribution in [0.25, 0.3) is 22.4 Å². The van der Waals surface area contributed by atoms with Crippen molar-refractivity contribution < 1.29 is 27.4 Å². The van der Waals surface area contributed by atoms with E-state index in [0.717, 1.165) is 25.7 Å². The van der Waals surface area contributed by atoms with E-state index in [1.807, 2.05) is 0 Å². The Labute approximate surface area is 199 Å². The van der Waals surface area contributed by atoms with Crippen LogP contribution in [-0.2, 0) is 4.79 Å². The van der Waals surface area contributed by atoms with Crippen LogP contribution in [0.2, 0.25) is 0 Å². The van der Waals surface area contributed by atoms with Crippen LogP contribution in [-0.4, -0.2) is 55.7 Å². The number of carbonyl (C=O) groups is 1. The molecule has 0 aliphatic carbocycles. The van der Waals surface area contributed by atoms with E-state index in [1.165, 1.54) is 24.5 Å². The molecule has 186 valence electrons. The number of aromatic amines is 1. The molecular weight excluding hydrogens is 465 g/mol. The Morgan fingerprint density at radius 1 is 1.09 bits per heavy atom. The Morgan fingerprint density at radius 3 is 2.40 bits per heavy atom. The first kappa shape index (κ1) is 24.6. The largest absolute Gasteiger partial charge is 0.491 e. The molecule has 4 rings (SSSR count). The summed E-state index contributed by atoms with van der Waals surface area (Å²) in [5.41, 5.74) is 1.35. The highest BCUT2D eigenvalue weighted by atomic mass is 19.4. The Bertz CT molecular complexity index is 1130. The fourth-order valence-electron chi connectivity index (χ4n) is 4.02. The molecule has 2 N–H and O–H groups in total. The zero-order chi connectivity index (χ0) is 25.0. The molecule has 1 aromatic carbocycles. The number of halogens is 3. The van der Waals surface area contributed by atoms with Gasteiger partial charge in [-0.1, -0.05) is 25.0 Å². The van der Waals surface area contributed by atoms with Crippen LogP contribution in [0.3, 0.4) is 0 Å². The highest BCUT2D eigenvalue weighted by Crippen LogP contribution is 2.34. The van der Waals surface area contributed by atoms with E-state index in [0.29, 0.717) is 23.2 Å². The second-order valence-corrected chi connectivity index (χ2v) is 8.30. The lowest BCUT2D eigenvalue weighted by atomic mass is 9.93. The fraction of sp³-hybridized carbons (Fsp3) is 0.435. The highest BCUT2D eigenvalue weighted by molar-refractivity contribution is 5.82. The molecule has 9 nitrogen and oxygen atoms in total. The summed E-state index contributed by atoms with van der Waals surface area (Å²) in [5.74, 6) is -2.67. The van der Waals surface area contributed by atoms with Crippen molar-refractivity contribution >= 4 is 5.97 Å².